The van der Waals surface area contributed by atoms with Crippen molar-refractivity contribution < 1.29 is 31.1 Å². The predicted molar refractivity (Wildman–Crippen MR) is 113 cm³/mol. The van der Waals surface area contributed by atoms with E-state index in [9.17, 15) is 26.3 Å². The van der Waals surface area contributed by atoms with E-state index in [4.69, 9.17) is 0 Å². The molecule has 36 heavy (non-hydrogen) atoms. The Bertz CT molecular complexity index is 1500. The van der Waals surface area contributed by atoms with Gasteiger partial charge in [-0.1, -0.05) is 6.07 Å². The Morgan fingerprint density at radius 3 is 2.28 bits per heavy atom. The molecule has 0 unspecified atom stereocenters. The van der Waals surface area contributed by atoms with Crippen molar-refractivity contribution in [1.29, 1.82) is 0 Å². The van der Waals surface area contributed by atoms with Crippen LogP contribution in [-0.4, -0.2) is 36.6 Å². The second-order valence-corrected chi connectivity index (χ2v) is 7.45. The van der Waals surface area contributed by atoms with Crippen LogP contribution < -0.4 is 4.74 Å². The third-order valence-electron chi connectivity index (χ3n) is 5.05. The van der Waals surface area contributed by atoms with Crippen LogP contribution in [0.15, 0.2) is 54.9 Å². The summed E-state index contributed by atoms with van der Waals surface area (Å²) in [5, 5.41) is 12.1. The van der Waals surface area contributed by atoms with E-state index in [1.165, 1.54) is 41.3 Å². The first-order valence-corrected chi connectivity index (χ1v) is 10.2. The normalized spacial score (nSPS) is 11.4. The van der Waals surface area contributed by atoms with Gasteiger partial charge in [0.25, 0.3) is 0 Å². The molecule has 0 atom stereocenters. The van der Waals surface area contributed by atoms with Gasteiger partial charge in [0.15, 0.2) is 34.8 Å². The maximum atomic E-state index is 14.1. The van der Waals surface area contributed by atoms with E-state index in [1.54, 1.807) is 0 Å². The lowest BCUT2D eigenvalue weighted by atomic mass is 10.1. The third-order valence-corrected chi connectivity index (χ3v) is 5.05. The molecule has 2 aliphatic rings. The zero-order valence-electron chi connectivity index (χ0n) is 17.8. The Hall–Kier alpha value is -4.55. The number of alkyl halides is 2. The van der Waals surface area contributed by atoms with Gasteiger partial charge in [0.1, 0.15) is 11.4 Å². The molecular weight excluding hydrogens is 490 g/mol. The van der Waals surface area contributed by atoms with Crippen molar-refractivity contribution in [2.45, 2.75) is 13.2 Å². The second-order valence-electron chi connectivity index (χ2n) is 7.45. The molecule has 3 aromatic rings. The van der Waals surface area contributed by atoms with Crippen LogP contribution in [0.3, 0.4) is 0 Å². The van der Waals surface area contributed by atoms with E-state index in [1.807, 2.05) is 0 Å². The zero-order chi connectivity index (χ0) is 25.4. The summed E-state index contributed by atoms with van der Waals surface area (Å²) < 4.78 is 85.5. The number of aromatic nitrogens is 6. The maximum Gasteiger partial charge on any atom is 0.387 e. The molecule has 2 aliphatic heterocycles. The Balaban J connectivity index is 1.36. The summed E-state index contributed by atoms with van der Waals surface area (Å²) in [5.74, 6) is -5.86. The minimum Gasteiger partial charge on any atom is -0.429 e. The van der Waals surface area contributed by atoms with Gasteiger partial charge < -0.3 is 4.74 Å². The number of hydrogen-bond donors (Lipinski definition) is 0. The van der Waals surface area contributed by atoms with Crippen molar-refractivity contribution >= 4 is 0 Å². The van der Waals surface area contributed by atoms with Gasteiger partial charge in [0.05, 0.1) is 35.9 Å². The number of fused-ring (bicyclic) bond motifs is 1. The van der Waals surface area contributed by atoms with Crippen molar-refractivity contribution in [3.63, 3.8) is 0 Å². The highest BCUT2D eigenvalue weighted by molar-refractivity contribution is 5.65. The van der Waals surface area contributed by atoms with Crippen LogP contribution in [0.1, 0.15) is 5.69 Å². The van der Waals surface area contributed by atoms with Gasteiger partial charge in [-0.25, -0.2) is 27.5 Å². The Morgan fingerprint density at radius 2 is 1.58 bits per heavy atom. The van der Waals surface area contributed by atoms with Gasteiger partial charge in [-0.05, 0) is 36.4 Å². The lowest BCUT2D eigenvalue weighted by Gasteiger charge is -2.09. The first-order chi connectivity index (χ1) is 17.3. The van der Waals surface area contributed by atoms with Crippen molar-refractivity contribution in [3.8, 4) is 39.8 Å². The van der Waals surface area contributed by atoms with Gasteiger partial charge in [0, 0.05) is 5.56 Å². The summed E-state index contributed by atoms with van der Waals surface area (Å²) in [5.41, 5.74) is 1.16. The summed E-state index contributed by atoms with van der Waals surface area (Å²) in [7, 11) is 0. The van der Waals surface area contributed by atoms with Crippen LogP contribution in [-0.2, 0) is 6.54 Å². The van der Waals surface area contributed by atoms with Crippen molar-refractivity contribution in [2.75, 3.05) is 0 Å². The summed E-state index contributed by atoms with van der Waals surface area (Å²) >= 11 is 0. The monoisotopic (exact) mass is 502 g/mol. The fraction of sp³-hybridized carbons (Fsp3) is 0.0870. The summed E-state index contributed by atoms with van der Waals surface area (Å²) in [6.45, 7) is -3.25. The van der Waals surface area contributed by atoms with Crippen LogP contribution in [0.5, 0.6) is 5.75 Å². The van der Waals surface area contributed by atoms with Crippen LogP contribution >= 0.6 is 0 Å². The highest BCUT2D eigenvalue weighted by Gasteiger charge is 2.19. The number of hydrogen-bond acceptors (Lipinski definition) is 6. The van der Waals surface area contributed by atoms with E-state index < -0.39 is 35.6 Å². The zero-order valence-corrected chi connectivity index (χ0v) is 17.8. The average molecular weight is 502 g/mol. The summed E-state index contributed by atoms with van der Waals surface area (Å²) in [4.78, 5) is 8.42. The highest BCUT2D eigenvalue weighted by atomic mass is 19.3. The molecule has 7 nitrogen and oxygen atoms in total. The Kier molecular flexibility index (Phi) is 5.96. The minimum atomic E-state index is -3.38. The molecule has 13 heteroatoms. The van der Waals surface area contributed by atoms with Gasteiger partial charge in [-0.2, -0.15) is 24.1 Å². The van der Waals surface area contributed by atoms with E-state index in [0.717, 1.165) is 18.2 Å². The third kappa shape index (κ3) is 4.54. The fourth-order valence-electron chi connectivity index (χ4n) is 3.42. The molecule has 0 radical (unpaired) electrons. The topological polar surface area (TPSA) is 78.6 Å². The number of nitrogens with zero attached hydrogens (tertiary/aromatic N) is 6. The standard InChI is InChI=1S/C23H12F6N6O/c24-14-3-1-2-13(20(14)27)22-31-18-8-30-35(10-19(18)32-22)9-12-4-5-17(34-33-12)11-6-15(25)21(16(26)7-11)36-23(28)29/h1-8,10,23H,9H2. The lowest BCUT2D eigenvalue weighted by molar-refractivity contribution is -0.0546. The molecule has 182 valence electrons. The quantitative estimate of drug-likeness (QED) is 0.301. The molecule has 0 bridgehead atoms. The van der Waals surface area contributed by atoms with E-state index in [2.05, 4.69) is 30.0 Å². The molecule has 0 amide bonds. The van der Waals surface area contributed by atoms with Crippen molar-refractivity contribution in [2.24, 2.45) is 0 Å². The maximum absolute atomic E-state index is 14.1. The molecule has 0 saturated heterocycles. The molecule has 0 saturated carbocycles. The molecule has 2 aromatic carbocycles. The van der Waals surface area contributed by atoms with E-state index in [-0.39, 0.29) is 29.2 Å². The van der Waals surface area contributed by atoms with Crippen LogP contribution in [0.2, 0.25) is 0 Å². The summed E-state index contributed by atoms with van der Waals surface area (Å²) in [6.07, 6.45) is 2.94. The van der Waals surface area contributed by atoms with Gasteiger partial charge in [0.2, 0.25) is 0 Å². The number of halogens is 6. The SMILES string of the molecule is Fc1cccc(-c2nc3cnn(Cc4ccc(-c5cc(F)c(OC(F)F)c(F)c5)nn4)cc-3n2)c1F. The molecule has 0 fully saturated rings. The second kappa shape index (κ2) is 9.24. The molecule has 0 spiro atoms. The minimum absolute atomic E-state index is 0.00938. The van der Waals surface area contributed by atoms with Gasteiger partial charge >= 0.3 is 6.61 Å². The molecule has 0 N–H and O–H groups in total. The molecule has 3 heterocycles. The molecule has 5 rings (SSSR count). The molecule has 0 aliphatic carbocycles. The molecular formula is C23H12F6N6O. The Morgan fingerprint density at radius 1 is 0.833 bits per heavy atom. The van der Waals surface area contributed by atoms with Crippen LogP contribution in [0, 0.1) is 23.3 Å². The van der Waals surface area contributed by atoms with Crippen molar-refractivity contribution in [3.05, 3.63) is 83.8 Å². The fourth-order valence-corrected chi connectivity index (χ4v) is 3.42. The van der Waals surface area contributed by atoms with E-state index in [0.29, 0.717) is 17.1 Å². The van der Waals surface area contributed by atoms with E-state index >= 15 is 0 Å². The van der Waals surface area contributed by atoms with Crippen molar-refractivity contribution in [1.82, 2.24) is 29.9 Å². The first-order valence-electron chi connectivity index (χ1n) is 10.2. The highest BCUT2D eigenvalue weighted by Crippen LogP contribution is 2.29. The molecule has 1 aromatic heterocycles. The van der Waals surface area contributed by atoms with Crippen LogP contribution in [0.25, 0.3) is 34.0 Å². The Labute approximate surface area is 198 Å². The number of rotatable bonds is 6. The summed E-state index contributed by atoms with van der Waals surface area (Å²) in [6, 6.07) is 8.30. The van der Waals surface area contributed by atoms with Crippen LogP contribution in [0.4, 0.5) is 26.3 Å². The average Bonchev–Trinajstić information content (AvgIpc) is 3.26. The first kappa shape index (κ1) is 23.2. The lowest BCUT2D eigenvalue weighted by Crippen LogP contribution is -2.08. The number of ether oxygens (including phenoxy) is 1. The smallest absolute Gasteiger partial charge is 0.387 e. The predicted octanol–water partition coefficient (Wildman–Crippen LogP) is 5.11. The largest absolute Gasteiger partial charge is 0.429 e. The van der Waals surface area contributed by atoms with Gasteiger partial charge in [-0.15, -0.1) is 0 Å². The number of imidazole rings is 1. The number of benzene rings is 2. The van der Waals surface area contributed by atoms with Gasteiger partial charge in [-0.3, -0.25) is 4.68 Å².